The molecule has 1 aromatic rings. The molecule has 1 saturated carbocycles. The van der Waals surface area contributed by atoms with E-state index in [0.29, 0.717) is 18.7 Å². The topological polar surface area (TPSA) is 78.4 Å². The zero-order chi connectivity index (χ0) is 17.7. The van der Waals surface area contributed by atoms with Crippen molar-refractivity contribution in [3.8, 4) is 0 Å². The first kappa shape index (κ1) is 22.7. The predicted octanol–water partition coefficient (Wildman–Crippen LogP) is 2.95. The van der Waals surface area contributed by atoms with Crippen molar-refractivity contribution >= 4 is 35.8 Å². The number of guanidine groups is 1. The number of pyridine rings is 1. The lowest BCUT2D eigenvalue weighted by Crippen LogP contribution is -2.41. The Morgan fingerprint density at radius 2 is 1.88 bits per heavy atom. The molecule has 0 bridgehead atoms. The number of hydrogen-bond acceptors (Lipinski definition) is 3. The van der Waals surface area contributed by atoms with Gasteiger partial charge >= 0.3 is 0 Å². The van der Waals surface area contributed by atoms with Gasteiger partial charge in [-0.05, 0) is 30.9 Å². The summed E-state index contributed by atoms with van der Waals surface area (Å²) in [6.07, 6.45) is 12.8. The van der Waals surface area contributed by atoms with E-state index in [1.165, 1.54) is 44.9 Å². The molecule has 0 atom stereocenters. The van der Waals surface area contributed by atoms with Gasteiger partial charge in [-0.1, -0.05) is 32.1 Å². The molecule has 1 heterocycles. The highest BCUT2D eigenvalue weighted by Gasteiger charge is 2.12. The van der Waals surface area contributed by atoms with Crippen molar-refractivity contribution in [1.29, 1.82) is 0 Å². The number of aliphatic imine (C=N–C) groups is 1. The largest absolute Gasteiger partial charge is 0.356 e. The third-order valence-corrected chi connectivity index (χ3v) is 4.66. The quantitative estimate of drug-likeness (QED) is 0.235. The van der Waals surface area contributed by atoms with Gasteiger partial charge in [-0.25, -0.2) is 0 Å². The number of rotatable bonds is 8. The Morgan fingerprint density at radius 1 is 1.15 bits per heavy atom. The van der Waals surface area contributed by atoms with Gasteiger partial charge in [0.15, 0.2) is 5.96 Å². The van der Waals surface area contributed by atoms with E-state index >= 15 is 0 Å². The van der Waals surface area contributed by atoms with E-state index < -0.39 is 0 Å². The van der Waals surface area contributed by atoms with Gasteiger partial charge in [-0.2, -0.15) is 0 Å². The second-order valence-electron chi connectivity index (χ2n) is 6.57. The summed E-state index contributed by atoms with van der Waals surface area (Å²) in [7, 11) is 1.77. The second-order valence-corrected chi connectivity index (χ2v) is 6.57. The Hall–Kier alpha value is -1.38. The van der Waals surface area contributed by atoms with E-state index in [-0.39, 0.29) is 29.9 Å². The van der Waals surface area contributed by atoms with Crippen LogP contribution in [0, 0.1) is 5.92 Å². The maximum absolute atomic E-state index is 11.9. The van der Waals surface area contributed by atoms with Gasteiger partial charge in [0.05, 0.1) is 5.56 Å². The van der Waals surface area contributed by atoms with E-state index in [0.717, 1.165) is 18.4 Å². The summed E-state index contributed by atoms with van der Waals surface area (Å²) in [5, 5.41) is 9.43. The van der Waals surface area contributed by atoms with E-state index in [1.54, 1.807) is 31.6 Å². The van der Waals surface area contributed by atoms with Gasteiger partial charge in [-0.15, -0.1) is 24.0 Å². The van der Waals surface area contributed by atoms with Crippen molar-refractivity contribution in [3.63, 3.8) is 0 Å². The first-order valence-corrected chi connectivity index (χ1v) is 9.42. The van der Waals surface area contributed by atoms with Crippen LogP contribution in [0.3, 0.4) is 0 Å². The summed E-state index contributed by atoms with van der Waals surface area (Å²) in [6, 6.07) is 3.51. The van der Waals surface area contributed by atoms with Crippen molar-refractivity contribution < 1.29 is 4.79 Å². The SMILES string of the molecule is CN=C(NCCCC1CCCCC1)NCCNC(=O)c1cccnc1.I. The Bertz CT molecular complexity index is 532. The van der Waals surface area contributed by atoms with E-state index in [1.807, 2.05) is 0 Å². The first-order chi connectivity index (χ1) is 12.3. The Morgan fingerprint density at radius 3 is 2.58 bits per heavy atom. The number of nitrogens with one attached hydrogen (secondary N) is 3. The maximum Gasteiger partial charge on any atom is 0.252 e. The number of carbonyl (C=O) groups excluding carboxylic acids is 1. The highest BCUT2D eigenvalue weighted by Crippen LogP contribution is 2.26. The fourth-order valence-corrected chi connectivity index (χ4v) is 3.25. The minimum atomic E-state index is -0.106. The summed E-state index contributed by atoms with van der Waals surface area (Å²) in [4.78, 5) is 20.1. The number of halogens is 1. The van der Waals surface area contributed by atoms with Gasteiger partial charge < -0.3 is 16.0 Å². The third-order valence-electron chi connectivity index (χ3n) is 4.66. The molecule has 3 N–H and O–H groups in total. The van der Waals surface area contributed by atoms with E-state index in [2.05, 4.69) is 25.9 Å². The molecule has 146 valence electrons. The van der Waals surface area contributed by atoms with Gasteiger partial charge in [-0.3, -0.25) is 14.8 Å². The molecule has 0 saturated heterocycles. The van der Waals surface area contributed by atoms with Crippen molar-refractivity contribution in [2.24, 2.45) is 10.9 Å². The Balaban J connectivity index is 0.00000338. The van der Waals surface area contributed by atoms with Gasteiger partial charge in [0.25, 0.3) is 5.91 Å². The summed E-state index contributed by atoms with van der Waals surface area (Å²) < 4.78 is 0. The smallest absolute Gasteiger partial charge is 0.252 e. The predicted molar refractivity (Wildman–Crippen MR) is 117 cm³/mol. The summed E-state index contributed by atoms with van der Waals surface area (Å²) in [6.45, 7) is 2.11. The number of carbonyl (C=O) groups is 1. The standard InChI is InChI=1S/C19H31N5O.HI/c1-20-19(23-12-5-9-16-7-3-2-4-8-16)24-14-13-22-18(25)17-10-6-11-21-15-17;/h6,10-11,15-16H,2-5,7-9,12-14H2,1H3,(H,22,25)(H2,20,23,24);1H. The molecular formula is C19H32IN5O. The van der Waals surface area contributed by atoms with Gasteiger partial charge in [0, 0.05) is 39.1 Å². The zero-order valence-electron chi connectivity index (χ0n) is 15.7. The molecule has 1 fully saturated rings. The number of amides is 1. The minimum Gasteiger partial charge on any atom is -0.356 e. The molecule has 1 aliphatic rings. The molecule has 0 radical (unpaired) electrons. The van der Waals surface area contributed by atoms with E-state index in [9.17, 15) is 4.79 Å². The fourth-order valence-electron chi connectivity index (χ4n) is 3.25. The summed E-state index contributed by atoms with van der Waals surface area (Å²) in [5.74, 6) is 1.61. The second kappa shape index (κ2) is 13.8. The normalized spacial score (nSPS) is 15.0. The lowest BCUT2D eigenvalue weighted by atomic mass is 9.86. The highest BCUT2D eigenvalue weighted by atomic mass is 127. The highest BCUT2D eigenvalue weighted by molar-refractivity contribution is 14.0. The summed E-state index contributed by atoms with van der Waals surface area (Å²) >= 11 is 0. The average molecular weight is 473 g/mol. The van der Waals surface area contributed by atoms with Crippen molar-refractivity contribution in [2.45, 2.75) is 44.9 Å². The molecular weight excluding hydrogens is 441 g/mol. The van der Waals surface area contributed by atoms with Crippen LogP contribution >= 0.6 is 24.0 Å². The number of nitrogens with zero attached hydrogens (tertiary/aromatic N) is 2. The monoisotopic (exact) mass is 473 g/mol. The van der Waals surface area contributed by atoms with Gasteiger partial charge in [0.2, 0.25) is 0 Å². The van der Waals surface area contributed by atoms with Crippen LogP contribution in [0.5, 0.6) is 0 Å². The lowest BCUT2D eigenvalue weighted by Gasteiger charge is -2.21. The summed E-state index contributed by atoms with van der Waals surface area (Å²) in [5.41, 5.74) is 0.577. The molecule has 0 aromatic carbocycles. The molecule has 26 heavy (non-hydrogen) atoms. The number of hydrogen-bond donors (Lipinski definition) is 3. The maximum atomic E-state index is 11.9. The van der Waals surface area contributed by atoms with Crippen molar-refractivity contribution in [2.75, 3.05) is 26.7 Å². The number of aromatic nitrogens is 1. The van der Waals surface area contributed by atoms with E-state index in [4.69, 9.17) is 0 Å². The van der Waals surface area contributed by atoms with Gasteiger partial charge in [0.1, 0.15) is 0 Å². The van der Waals surface area contributed by atoms with Crippen LogP contribution in [0.15, 0.2) is 29.5 Å². The lowest BCUT2D eigenvalue weighted by molar-refractivity contribution is 0.0954. The Labute approximate surface area is 174 Å². The first-order valence-electron chi connectivity index (χ1n) is 9.42. The molecule has 0 spiro atoms. The molecule has 1 amide bonds. The minimum absolute atomic E-state index is 0. The zero-order valence-corrected chi connectivity index (χ0v) is 18.0. The molecule has 0 aliphatic heterocycles. The van der Waals surface area contributed by atoms with Crippen LogP contribution in [-0.4, -0.2) is 43.5 Å². The molecule has 7 heteroatoms. The van der Waals surface area contributed by atoms with Crippen LogP contribution < -0.4 is 16.0 Å². The van der Waals surface area contributed by atoms with Crippen molar-refractivity contribution in [3.05, 3.63) is 30.1 Å². The van der Waals surface area contributed by atoms with Crippen LogP contribution in [0.2, 0.25) is 0 Å². The third kappa shape index (κ3) is 8.82. The van der Waals surface area contributed by atoms with Crippen LogP contribution in [-0.2, 0) is 0 Å². The Kier molecular flexibility index (Phi) is 12.0. The molecule has 1 aliphatic carbocycles. The van der Waals surface area contributed by atoms with Crippen LogP contribution in [0.4, 0.5) is 0 Å². The van der Waals surface area contributed by atoms with Crippen LogP contribution in [0.1, 0.15) is 55.3 Å². The molecule has 1 aromatic heterocycles. The molecule has 2 rings (SSSR count). The molecule has 0 unspecified atom stereocenters. The van der Waals surface area contributed by atoms with Crippen molar-refractivity contribution in [1.82, 2.24) is 20.9 Å². The molecule has 6 nitrogen and oxygen atoms in total. The average Bonchev–Trinajstić information content (AvgIpc) is 2.68. The van der Waals surface area contributed by atoms with Crippen LogP contribution in [0.25, 0.3) is 0 Å². The fraction of sp³-hybridized carbons (Fsp3) is 0.632.